The molecule has 0 atom stereocenters. The first kappa shape index (κ1) is 13.9. The summed E-state index contributed by atoms with van der Waals surface area (Å²) in [6, 6.07) is 7.61. The highest BCUT2D eigenvalue weighted by atomic mass is 16.1. The topological polar surface area (TPSA) is 72.9 Å². The Bertz CT molecular complexity index is 628. The van der Waals surface area contributed by atoms with Gasteiger partial charge in [-0.25, -0.2) is 0 Å². The highest BCUT2D eigenvalue weighted by Crippen LogP contribution is 2.11. The van der Waals surface area contributed by atoms with E-state index >= 15 is 0 Å². The first-order valence-electron chi connectivity index (χ1n) is 6.43. The Morgan fingerprint density at radius 1 is 1.45 bits per heavy atom. The zero-order chi connectivity index (χ0) is 14.5. The Morgan fingerprint density at radius 2 is 2.25 bits per heavy atom. The number of anilines is 2. The van der Waals surface area contributed by atoms with Crippen molar-refractivity contribution < 1.29 is 4.79 Å². The third kappa shape index (κ3) is 3.71. The summed E-state index contributed by atoms with van der Waals surface area (Å²) in [4.78, 5) is 11.8. The van der Waals surface area contributed by atoms with Crippen LogP contribution in [0.3, 0.4) is 0 Å². The number of benzene rings is 1. The highest BCUT2D eigenvalue weighted by Gasteiger charge is 2.03. The average Bonchev–Trinajstić information content (AvgIpc) is 2.85. The number of nitrogen functional groups attached to an aromatic ring is 1. The molecular formula is C15H18N4O. The van der Waals surface area contributed by atoms with Gasteiger partial charge in [-0.05, 0) is 37.6 Å². The van der Waals surface area contributed by atoms with Crippen molar-refractivity contribution in [3.05, 3.63) is 48.3 Å². The summed E-state index contributed by atoms with van der Waals surface area (Å²) in [6.45, 7) is 4.05. The predicted octanol–water partition coefficient (Wildman–Crippen LogP) is 2.70. The van der Waals surface area contributed by atoms with Gasteiger partial charge in [-0.1, -0.05) is 12.1 Å². The van der Waals surface area contributed by atoms with E-state index in [9.17, 15) is 4.79 Å². The van der Waals surface area contributed by atoms with Gasteiger partial charge < -0.3 is 11.1 Å². The van der Waals surface area contributed by atoms with Gasteiger partial charge in [0.2, 0.25) is 5.91 Å². The van der Waals surface area contributed by atoms with Crippen LogP contribution >= 0.6 is 0 Å². The number of carbonyl (C=O) groups excluding carboxylic acids is 1. The molecule has 0 radical (unpaired) electrons. The van der Waals surface area contributed by atoms with E-state index in [0.29, 0.717) is 11.4 Å². The Kier molecular flexibility index (Phi) is 4.20. The molecule has 0 aliphatic carbocycles. The summed E-state index contributed by atoms with van der Waals surface area (Å²) >= 11 is 0. The molecule has 0 fully saturated rings. The van der Waals surface area contributed by atoms with Crippen LogP contribution in [0, 0.1) is 0 Å². The van der Waals surface area contributed by atoms with Crippen LogP contribution in [-0.2, 0) is 4.79 Å². The number of carbonyl (C=O) groups is 1. The summed E-state index contributed by atoms with van der Waals surface area (Å²) in [5.41, 5.74) is 7.91. The SMILES string of the molecule is CC(C)n1cc(NC(=O)/C=C/c2cccc(N)c2)cn1. The van der Waals surface area contributed by atoms with Crippen LogP contribution in [0.5, 0.6) is 0 Å². The quantitative estimate of drug-likeness (QED) is 0.662. The lowest BCUT2D eigenvalue weighted by molar-refractivity contribution is -0.111. The van der Waals surface area contributed by atoms with E-state index in [1.807, 2.05) is 26.0 Å². The van der Waals surface area contributed by atoms with E-state index in [1.165, 1.54) is 6.08 Å². The summed E-state index contributed by atoms with van der Waals surface area (Å²) in [5.74, 6) is -0.198. The summed E-state index contributed by atoms with van der Waals surface area (Å²) in [5, 5.41) is 6.92. The van der Waals surface area contributed by atoms with Gasteiger partial charge in [0.1, 0.15) is 0 Å². The minimum atomic E-state index is -0.198. The molecule has 3 N–H and O–H groups in total. The fourth-order valence-electron chi connectivity index (χ4n) is 1.70. The van der Waals surface area contributed by atoms with E-state index in [2.05, 4.69) is 10.4 Å². The summed E-state index contributed by atoms with van der Waals surface area (Å²) in [6.07, 6.45) is 6.63. The molecule has 0 unspecified atom stereocenters. The third-order valence-corrected chi connectivity index (χ3v) is 2.74. The van der Waals surface area contributed by atoms with Crippen LogP contribution < -0.4 is 11.1 Å². The van der Waals surface area contributed by atoms with Crippen molar-refractivity contribution in [2.75, 3.05) is 11.1 Å². The standard InChI is InChI=1S/C15H18N4O/c1-11(2)19-10-14(9-17-19)18-15(20)7-6-12-4-3-5-13(16)8-12/h3-11H,16H2,1-2H3,(H,18,20)/b7-6+. The van der Waals surface area contributed by atoms with E-state index in [0.717, 1.165) is 5.56 Å². The number of nitrogens with one attached hydrogen (secondary N) is 1. The van der Waals surface area contributed by atoms with Gasteiger partial charge in [-0.3, -0.25) is 9.48 Å². The van der Waals surface area contributed by atoms with Gasteiger partial charge >= 0.3 is 0 Å². The summed E-state index contributed by atoms with van der Waals surface area (Å²) in [7, 11) is 0. The third-order valence-electron chi connectivity index (χ3n) is 2.74. The minimum Gasteiger partial charge on any atom is -0.399 e. The molecule has 0 aliphatic rings. The number of rotatable bonds is 4. The molecule has 0 bridgehead atoms. The fraction of sp³-hybridized carbons (Fsp3) is 0.200. The lowest BCUT2D eigenvalue weighted by Crippen LogP contribution is -2.07. The Morgan fingerprint density at radius 3 is 2.90 bits per heavy atom. The van der Waals surface area contributed by atoms with Gasteiger partial charge in [-0.15, -0.1) is 0 Å². The van der Waals surface area contributed by atoms with E-state index in [1.54, 1.807) is 35.3 Å². The number of aromatic nitrogens is 2. The summed E-state index contributed by atoms with van der Waals surface area (Å²) < 4.78 is 1.79. The van der Waals surface area contributed by atoms with Crippen molar-refractivity contribution in [1.29, 1.82) is 0 Å². The van der Waals surface area contributed by atoms with Crippen LogP contribution in [0.4, 0.5) is 11.4 Å². The maximum Gasteiger partial charge on any atom is 0.248 e. The second kappa shape index (κ2) is 6.06. The smallest absolute Gasteiger partial charge is 0.248 e. The van der Waals surface area contributed by atoms with Gasteiger partial charge in [0.25, 0.3) is 0 Å². The largest absolute Gasteiger partial charge is 0.399 e. The maximum absolute atomic E-state index is 11.8. The van der Waals surface area contributed by atoms with Crippen molar-refractivity contribution >= 4 is 23.4 Å². The first-order chi connectivity index (χ1) is 9.54. The van der Waals surface area contributed by atoms with Crippen LogP contribution in [0.25, 0.3) is 6.08 Å². The van der Waals surface area contributed by atoms with Crippen molar-refractivity contribution in [3.8, 4) is 0 Å². The number of amides is 1. The molecule has 1 heterocycles. The molecule has 0 saturated heterocycles. The molecule has 0 spiro atoms. The molecule has 1 aromatic heterocycles. The highest BCUT2D eigenvalue weighted by molar-refractivity contribution is 6.01. The van der Waals surface area contributed by atoms with Crippen molar-refractivity contribution in [3.63, 3.8) is 0 Å². The van der Waals surface area contributed by atoms with Crippen molar-refractivity contribution in [1.82, 2.24) is 9.78 Å². The number of nitrogens with zero attached hydrogens (tertiary/aromatic N) is 2. The molecule has 20 heavy (non-hydrogen) atoms. The molecule has 2 aromatic rings. The number of nitrogens with two attached hydrogens (primary N) is 1. The number of hydrogen-bond acceptors (Lipinski definition) is 3. The van der Waals surface area contributed by atoms with Gasteiger partial charge in [-0.2, -0.15) is 5.10 Å². The predicted molar refractivity (Wildman–Crippen MR) is 81.1 cm³/mol. The van der Waals surface area contributed by atoms with Crippen molar-refractivity contribution in [2.24, 2.45) is 0 Å². The van der Waals surface area contributed by atoms with Crippen LogP contribution in [0.2, 0.25) is 0 Å². The second-order valence-corrected chi connectivity index (χ2v) is 4.80. The molecule has 2 rings (SSSR count). The molecule has 1 amide bonds. The monoisotopic (exact) mass is 270 g/mol. The Labute approximate surface area is 118 Å². The Hall–Kier alpha value is -2.56. The molecule has 104 valence electrons. The first-order valence-corrected chi connectivity index (χ1v) is 6.43. The molecule has 0 aliphatic heterocycles. The van der Waals surface area contributed by atoms with Crippen molar-refractivity contribution in [2.45, 2.75) is 19.9 Å². The zero-order valence-electron chi connectivity index (χ0n) is 11.6. The number of hydrogen-bond donors (Lipinski definition) is 2. The van der Waals surface area contributed by atoms with E-state index in [4.69, 9.17) is 5.73 Å². The van der Waals surface area contributed by atoms with E-state index in [-0.39, 0.29) is 11.9 Å². The minimum absolute atomic E-state index is 0.198. The molecule has 5 nitrogen and oxygen atoms in total. The molecule has 0 saturated carbocycles. The average molecular weight is 270 g/mol. The Balaban J connectivity index is 1.98. The lowest BCUT2D eigenvalue weighted by Gasteiger charge is -2.03. The normalized spacial score (nSPS) is 11.2. The van der Waals surface area contributed by atoms with Gasteiger partial charge in [0, 0.05) is 24.0 Å². The molecule has 5 heteroatoms. The maximum atomic E-state index is 11.8. The van der Waals surface area contributed by atoms with Crippen LogP contribution in [0.15, 0.2) is 42.7 Å². The van der Waals surface area contributed by atoms with Crippen LogP contribution in [-0.4, -0.2) is 15.7 Å². The zero-order valence-corrected chi connectivity index (χ0v) is 11.6. The van der Waals surface area contributed by atoms with Crippen LogP contribution in [0.1, 0.15) is 25.5 Å². The molecule has 1 aromatic carbocycles. The van der Waals surface area contributed by atoms with Gasteiger partial charge in [0.05, 0.1) is 11.9 Å². The molecular weight excluding hydrogens is 252 g/mol. The fourth-order valence-corrected chi connectivity index (χ4v) is 1.70. The van der Waals surface area contributed by atoms with Gasteiger partial charge in [0.15, 0.2) is 0 Å². The second-order valence-electron chi connectivity index (χ2n) is 4.80. The lowest BCUT2D eigenvalue weighted by atomic mass is 10.2. The van der Waals surface area contributed by atoms with E-state index < -0.39 is 0 Å².